The van der Waals surface area contributed by atoms with E-state index in [2.05, 4.69) is 33.5 Å². The number of rotatable bonds is 1. The number of hydrogen-bond acceptors (Lipinski definition) is 2. The van der Waals surface area contributed by atoms with E-state index in [0.717, 1.165) is 25.2 Å². The summed E-state index contributed by atoms with van der Waals surface area (Å²) in [6.07, 6.45) is 5.15. The summed E-state index contributed by atoms with van der Waals surface area (Å²) in [6, 6.07) is 6.24. The van der Waals surface area contributed by atoms with Gasteiger partial charge in [0.05, 0.1) is 0 Å². The molecule has 1 aliphatic rings. The fraction of sp³-hybridized carbons (Fsp3) is 0.250. The normalized spacial score (nSPS) is 14.7. The molecule has 0 amide bonds. The lowest BCUT2D eigenvalue weighted by molar-refractivity contribution is 0.737. The summed E-state index contributed by atoms with van der Waals surface area (Å²) in [6.45, 7) is 2.03. The lowest BCUT2D eigenvalue weighted by Crippen LogP contribution is -2.20. The molecule has 3 heterocycles. The molecule has 0 bridgehead atoms. The number of nitrogens with zero attached hydrogens (tertiary/aromatic N) is 1. The average molecular weight is 272 g/mol. The molecule has 3 rings (SSSR count). The Morgan fingerprint density at radius 3 is 2.82 bits per heavy atom. The number of pyridine rings is 1. The molecule has 0 spiro atoms. The Balaban J connectivity index is 0.000000722. The molecule has 0 aliphatic carbocycles. The van der Waals surface area contributed by atoms with Crippen LogP contribution >= 0.6 is 24.8 Å². The van der Waals surface area contributed by atoms with Crippen LogP contribution in [-0.4, -0.2) is 23.1 Å². The smallest absolute Gasteiger partial charge is 0.137 e. The molecule has 2 N–H and O–H groups in total. The molecule has 0 aromatic carbocycles. The highest BCUT2D eigenvalue weighted by Crippen LogP contribution is 2.22. The van der Waals surface area contributed by atoms with Gasteiger partial charge >= 0.3 is 0 Å². The molecule has 1 aliphatic heterocycles. The standard InChI is InChI=1S/C12H13N3.2ClH/c1-2-10-8-11(15-12(10)14-5-1)9-3-6-13-7-4-9;;/h1-3,5,8,13H,4,6-7H2,(H,14,15);2*1H. The second-order valence-electron chi connectivity index (χ2n) is 3.81. The van der Waals surface area contributed by atoms with Gasteiger partial charge in [0.25, 0.3) is 0 Å². The number of fused-ring (bicyclic) bond motifs is 1. The van der Waals surface area contributed by atoms with Crippen molar-refractivity contribution in [3.05, 3.63) is 36.2 Å². The summed E-state index contributed by atoms with van der Waals surface area (Å²) < 4.78 is 0. The molecule has 0 fully saturated rings. The molecule has 0 atom stereocenters. The monoisotopic (exact) mass is 271 g/mol. The highest BCUT2D eigenvalue weighted by atomic mass is 35.5. The molecular formula is C12H15Cl2N3. The van der Waals surface area contributed by atoms with E-state index in [1.165, 1.54) is 16.7 Å². The summed E-state index contributed by atoms with van der Waals surface area (Å²) in [5.41, 5.74) is 3.59. The van der Waals surface area contributed by atoms with Gasteiger partial charge in [0.15, 0.2) is 0 Å². The van der Waals surface area contributed by atoms with E-state index in [0.29, 0.717) is 0 Å². The minimum atomic E-state index is 0. The maximum absolute atomic E-state index is 4.30. The zero-order valence-electron chi connectivity index (χ0n) is 9.27. The number of halogens is 2. The number of H-pyrrole nitrogens is 1. The molecular weight excluding hydrogens is 257 g/mol. The van der Waals surface area contributed by atoms with Gasteiger partial charge in [-0.05, 0) is 36.7 Å². The Kier molecular flexibility index (Phi) is 5.00. The molecule has 0 radical (unpaired) electrons. The van der Waals surface area contributed by atoms with Gasteiger partial charge in [-0.3, -0.25) is 0 Å². The van der Waals surface area contributed by atoms with E-state index in [1.807, 2.05) is 12.3 Å². The van der Waals surface area contributed by atoms with Crippen LogP contribution in [0.4, 0.5) is 0 Å². The summed E-state index contributed by atoms with van der Waals surface area (Å²) in [5.74, 6) is 0. The largest absolute Gasteiger partial charge is 0.339 e. The van der Waals surface area contributed by atoms with Crippen LogP contribution in [0.5, 0.6) is 0 Å². The average Bonchev–Trinajstić information content (AvgIpc) is 2.74. The van der Waals surface area contributed by atoms with Crippen LogP contribution in [0.2, 0.25) is 0 Å². The Hall–Kier alpha value is -1.03. The summed E-state index contributed by atoms with van der Waals surface area (Å²) >= 11 is 0. The van der Waals surface area contributed by atoms with Crippen molar-refractivity contribution in [2.24, 2.45) is 0 Å². The zero-order chi connectivity index (χ0) is 10.1. The number of hydrogen-bond donors (Lipinski definition) is 2. The van der Waals surface area contributed by atoms with Crippen LogP contribution in [0.15, 0.2) is 30.5 Å². The van der Waals surface area contributed by atoms with Gasteiger partial charge in [-0.1, -0.05) is 6.08 Å². The quantitative estimate of drug-likeness (QED) is 0.838. The minimum absolute atomic E-state index is 0. The van der Waals surface area contributed by atoms with Crippen molar-refractivity contribution in [3.63, 3.8) is 0 Å². The van der Waals surface area contributed by atoms with Gasteiger partial charge in [0.2, 0.25) is 0 Å². The van der Waals surface area contributed by atoms with Crippen molar-refractivity contribution < 1.29 is 0 Å². The highest BCUT2D eigenvalue weighted by Gasteiger charge is 2.08. The van der Waals surface area contributed by atoms with Gasteiger partial charge in [-0.25, -0.2) is 4.98 Å². The second kappa shape index (κ2) is 6.05. The maximum Gasteiger partial charge on any atom is 0.137 e. The third-order valence-electron chi connectivity index (χ3n) is 2.80. The molecule has 2 aromatic heterocycles. The Morgan fingerprint density at radius 1 is 1.24 bits per heavy atom. The SMILES string of the molecule is C1=C(c2cc3cccnc3[nH]2)CCNC1.Cl.Cl. The number of aromatic nitrogens is 2. The van der Waals surface area contributed by atoms with E-state index in [9.17, 15) is 0 Å². The van der Waals surface area contributed by atoms with Crippen molar-refractivity contribution in [2.45, 2.75) is 6.42 Å². The summed E-state index contributed by atoms with van der Waals surface area (Å²) in [7, 11) is 0. The first-order valence-electron chi connectivity index (χ1n) is 5.27. The molecule has 17 heavy (non-hydrogen) atoms. The lowest BCUT2D eigenvalue weighted by atomic mass is 10.1. The molecule has 0 unspecified atom stereocenters. The van der Waals surface area contributed by atoms with Crippen molar-refractivity contribution in [1.82, 2.24) is 15.3 Å². The number of nitrogens with one attached hydrogen (secondary N) is 2. The third-order valence-corrected chi connectivity index (χ3v) is 2.80. The lowest BCUT2D eigenvalue weighted by Gasteiger charge is -2.12. The van der Waals surface area contributed by atoms with Gasteiger partial charge in [0.1, 0.15) is 5.65 Å². The van der Waals surface area contributed by atoms with Crippen LogP contribution < -0.4 is 5.32 Å². The van der Waals surface area contributed by atoms with Gasteiger partial charge in [-0.2, -0.15) is 0 Å². The van der Waals surface area contributed by atoms with Crippen molar-refractivity contribution in [1.29, 1.82) is 0 Å². The van der Waals surface area contributed by atoms with Crippen LogP contribution in [0.3, 0.4) is 0 Å². The van der Waals surface area contributed by atoms with Crippen LogP contribution in [0, 0.1) is 0 Å². The van der Waals surface area contributed by atoms with E-state index >= 15 is 0 Å². The van der Waals surface area contributed by atoms with Crippen LogP contribution in [0.1, 0.15) is 12.1 Å². The first-order valence-corrected chi connectivity index (χ1v) is 5.27. The molecule has 3 nitrogen and oxygen atoms in total. The molecule has 5 heteroatoms. The predicted octanol–water partition coefficient (Wildman–Crippen LogP) is 2.78. The maximum atomic E-state index is 4.30. The van der Waals surface area contributed by atoms with Crippen molar-refractivity contribution >= 4 is 41.4 Å². The predicted molar refractivity (Wildman–Crippen MR) is 76.1 cm³/mol. The first kappa shape index (κ1) is 14.0. The third kappa shape index (κ3) is 2.80. The summed E-state index contributed by atoms with van der Waals surface area (Å²) in [4.78, 5) is 7.66. The van der Waals surface area contributed by atoms with Gasteiger partial charge in [0, 0.05) is 23.8 Å². The molecule has 2 aromatic rings. The van der Waals surface area contributed by atoms with Crippen molar-refractivity contribution in [2.75, 3.05) is 13.1 Å². The van der Waals surface area contributed by atoms with Crippen LogP contribution in [-0.2, 0) is 0 Å². The van der Waals surface area contributed by atoms with E-state index in [4.69, 9.17) is 0 Å². The molecule has 0 saturated heterocycles. The molecule has 0 saturated carbocycles. The number of aromatic amines is 1. The van der Waals surface area contributed by atoms with Gasteiger partial charge in [-0.15, -0.1) is 24.8 Å². The fourth-order valence-electron chi connectivity index (χ4n) is 2.00. The Bertz CT molecular complexity index is 486. The highest BCUT2D eigenvalue weighted by molar-refractivity contribution is 5.85. The fourth-order valence-corrected chi connectivity index (χ4v) is 2.00. The Labute approximate surface area is 113 Å². The van der Waals surface area contributed by atoms with E-state index < -0.39 is 0 Å². The second-order valence-corrected chi connectivity index (χ2v) is 3.81. The van der Waals surface area contributed by atoms with E-state index in [1.54, 1.807) is 0 Å². The Morgan fingerprint density at radius 2 is 2.12 bits per heavy atom. The summed E-state index contributed by atoms with van der Waals surface area (Å²) in [5, 5.41) is 4.50. The van der Waals surface area contributed by atoms with Gasteiger partial charge < -0.3 is 10.3 Å². The zero-order valence-corrected chi connectivity index (χ0v) is 10.9. The van der Waals surface area contributed by atoms with Crippen LogP contribution in [0.25, 0.3) is 16.6 Å². The van der Waals surface area contributed by atoms with E-state index in [-0.39, 0.29) is 24.8 Å². The molecule has 92 valence electrons. The van der Waals surface area contributed by atoms with Crippen molar-refractivity contribution in [3.8, 4) is 0 Å². The topological polar surface area (TPSA) is 40.7 Å². The minimum Gasteiger partial charge on any atom is -0.339 e. The first-order chi connectivity index (χ1) is 7.43.